The monoisotopic (exact) mass is 297 g/mol. The summed E-state index contributed by atoms with van der Waals surface area (Å²) in [5, 5.41) is 7.37. The first-order valence-electron chi connectivity index (χ1n) is 6.63. The second-order valence-corrected chi connectivity index (χ2v) is 6.07. The lowest BCUT2D eigenvalue weighted by atomic mass is 10.3. The zero-order valence-electron chi connectivity index (χ0n) is 11.8. The summed E-state index contributed by atoms with van der Waals surface area (Å²) in [6.07, 6.45) is 0. The van der Waals surface area contributed by atoms with E-state index in [0.29, 0.717) is 10.7 Å². The molecule has 0 radical (unpaired) electrons. The van der Waals surface area contributed by atoms with E-state index in [1.165, 1.54) is 11.3 Å². The first-order chi connectivity index (χ1) is 10.1. The molecule has 0 aliphatic rings. The van der Waals surface area contributed by atoms with E-state index in [1.807, 2.05) is 62.4 Å². The van der Waals surface area contributed by atoms with E-state index in [-0.39, 0.29) is 5.91 Å². The van der Waals surface area contributed by atoms with Gasteiger partial charge in [0, 0.05) is 10.9 Å². The number of carbonyl (C=O) groups excluding carboxylic acids is 1. The first-order valence-corrected chi connectivity index (χ1v) is 7.45. The molecule has 0 saturated heterocycles. The van der Waals surface area contributed by atoms with Crippen LogP contribution in [0.15, 0.2) is 48.5 Å². The molecule has 0 atom stereocenters. The van der Waals surface area contributed by atoms with E-state index in [0.717, 1.165) is 16.3 Å². The second kappa shape index (κ2) is 5.54. The molecular formula is C16H15N3OS. The smallest absolute Gasteiger partial charge is 0.266 e. The SMILES string of the molecule is Cc1cc(NC(=O)c2ccc(C)s2)n(-c2ccccc2)n1. The second-order valence-electron chi connectivity index (χ2n) is 4.78. The van der Waals surface area contributed by atoms with E-state index < -0.39 is 0 Å². The van der Waals surface area contributed by atoms with Crippen LogP contribution in [-0.4, -0.2) is 15.7 Å². The number of aryl methyl sites for hydroxylation is 2. The number of hydrogen-bond acceptors (Lipinski definition) is 3. The lowest BCUT2D eigenvalue weighted by Crippen LogP contribution is -2.13. The zero-order chi connectivity index (χ0) is 14.8. The molecule has 106 valence electrons. The van der Waals surface area contributed by atoms with Gasteiger partial charge in [-0.2, -0.15) is 5.10 Å². The van der Waals surface area contributed by atoms with Crippen LogP contribution in [0.3, 0.4) is 0 Å². The van der Waals surface area contributed by atoms with Crippen molar-refractivity contribution in [3.63, 3.8) is 0 Å². The van der Waals surface area contributed by atoms with Crippen molar-refractivity contribution in [1.82, 2.24) is 9.78 Å². The molecule has 21 heavy (non-hydrogen) atoms. The molecule has 0 fully saturated rings. The van der Waals surface area contributed by atoms with Crippen molar-refractivity contribution in [2.45, 2.75) is 13.8 Å². The number of nitrogens with one attached hydrogen (secondary N) is 1. The van der Waals surface area contributed by atoms with Gasteiger partial charge < -0.3 is 5.32 Å². The van der Waals surface area contributed by atoms with Crippen molar-refractivity contribution >= 4 is 23.1 Å². The molecule has 1 N–H and O–H groups in total. The van der Waals surface area contributed by atoms with Crippen LogP contribution in [0.5, 0.6) is 0 Å². The van der Waals surface area contributed by atoms with Crippen molar-refractivity contribution < 1.29 is 4.79 Å². The Morgan fingerprint density at radius 1 is 1.14 bits per heavy atom. The Kier molecular flexibility index (Phi) is 3.58. The number of anilines is 1. The van der Waals surface area contributed by atoms with Gasteiger partial charge in [0.1, 0.15) is 5.82 Å². The Bertz CT molecular complexity index is 774. The predicted octanol–water partition coefficient (Wildman–Crippen LogP) is 3.80. The summed E-state index contributed by atoms with van der Waals surface area (Å²) < 4.78 is 1.74. The van der Waals surface area contributed by atoms with E-state index >= 15 is 0 Å². The lowest BCUT2D eigenvalue weighted by Gasteiger charge is -2.07. The summed E-state index contributed by atoms with van der Waals surface area (Å²) in [5.74, 6) is 0.569. The van der Waals surface area contributed by atoms with Gasteiger partial charge in [-0.15, -0.1) is 11.3 Å². The minimum atomic E-state index is -0.106. The lowest BCUT2D eigenvalue weighted by molar-refractivity contribution is 0.103. The fraction of sp³-hybridized carbons (Fsp3) is 0.125. The van der Waals surface area contributed by atoms with Crippen LogP contribution >= 0.6 is 11.3 Å². The number of nitrogens with zero attached hydrogens (tertiary/aromatic N) is 2. The highest BCUT2D eigenvalue weighted by molar-refractivity contribution is 7.14. The molecule has 4 nitrogen and oxygen atoms in total. The number of para-hydroxylation sites is 1. The molecule has 3 rings (SSSR count). The third kappa shape index (κ3) is 2.87. The quantitative estimate of drug-likeness (QED) is 0.799. The zero-order valence-corrected chi connectivity index (χ0v) is 12.6. The average Bonchev–Trinajstić information content (AvgIpc) is 3.06. The Morgan fingerprint density at radius 3 is 2.57 bits per heavy atom. The van der Waals surface area contributed by atoms with Crippen LogP contribution < -0.4 is 5.32 Å². The number of amides is 1. The number of thiophene rings is 1. The van der Waals surface area contributed by atoms with Gasteiger partial charge in [-0.1, -0.05) is 18.2 Å². The summed E-state index contributed by atoms with van der Waals surface area (Å²) in [4.78, 5) is 14.1. The molecule has 1 amide bonds. The third-order valence-electron chi connectivity index (χ3n) is 3.04. The van der Waals surface area contributed by atoms with Crippen LogP contribution in [-0.2, 0) is 0 Å². The third-order valence-corrected chi connectivity index (χ3v) is 4.04. The predicted molar refractivity (Wildman–Crippen MR) is 85.3 cm³/mol. The van der Waals surface area contributed by atoms with Crippen LogP contribution in [0.25, 0.3) is 5.69 Å². The Morgan fingerprint density at radius 2 is 1.90 bits per heavy atom. The highest BCUT2D eigenvalue weighted by Crippen LogP contribution is 2.20. The van der Waals surface area contributed by atoms with Crippen LogP contribution in [0.1, 0.15) is 20.2 Å². The fourth-order valence-corrected chi connectivity index (χ4v) is 2.85. The average molecular weight is 297 g/mol. The standard InChI is InChI=1S/C16H15N3OS/c1-11-10-15(17-16(20)14-9-8-12(2)21-14)19(18-11)13-6-4-3-5-7-13/h3-10H,1-2H3,(H,17,20). The van der Waals surface area contributed by atoms with Crippen molar-refractivity contribution in [1.29, 1.82) is 0 Å². The summed E-state index contributed by atoms with van der Waals surface area (Å²) in [6.45, 7) is 3.89. The molecule has 0 bridgehead atoms. The van der Waals surface area contributed by atoms with E-state index in [2.05, 4.69) is 10.4 Å². The summed E-state index contributed by atoms with van der Waals surface area (Å²) in [6, 6.07) is 15.4. The van der Waals surface area contributed by atoms with Gasteiger partial charge in [0.05, 0.1) is 16.3 Å². The van der Waals surface area contributed by atoms with Gasteiger partial charge in [-0.25, -0.2) is 4.68 Å². The molecule has 0 unspecified atom stereocenters. The number of benzene rings is 1. The van der Waals surface area contributed by atoms with Gasteiger partial charge in [0.2, 0.25) is 0 Å². The fourth-order valence-electron chi connectivity index (χ4n) is 2.09. The van der Waals surface area contributed by atoms with Crippen LogP contribution in [0, 0.1) is 13.8 Å². The maximum atomic E-state index is 12.3. The summed E-state index contributed by atoms with van der Waals surface area (Å²) in [5.41, 5.74) is 1.78. The summed E-state index contributed by atoms with van der Waals surface area (Å²) in [7, 11) is 0. The maximum absolute atomic E-state index is 12.3. The molecule has 0 saturated carbocycles. The van der Waals surface area contributed by atoms with Crippen LogP contribution in [0.2, 0.25) is 0 Å². The molecule has 2 aromatic heterocycles. The molecule has 3 aromatic rings. The highest BCUT2D eigenvalue weighted by Gasteiger charge is 2.13. The summed E-state index contributed by atoms with van der Waals surface area (Å²) >= 11 is 1.48. The molecule has 0 spiro atoms. The largest absolute Gasteiger partial charge is 0.306 e. The Balaban J connectivity index is 1.91. The molecular weight excluding hydrogens is 282 g/mol. The molecule has 2 heterocycles. The molecule has 1 aromatic carbocycles. The van der Waals surface area contributed by atoms with Crippen LogP contribution in [0.4, 0.5) is 5.82 Å². The minimum Gasteiger partial charge on any atom is -0.306 e. The molecule has 0 aliphatic carbocycles. The molecule has 5 heteroatoms. The van der Waals surface area contributed by atoms with E-state index in [9.17, 15) is 4.79 Å². The van der Waals surface area contributed by atoms with Gasteiger partial charge in [-0.3, -0.25) is 4.79 Å². The van der Waals surface area contributed by atoms with Crippen molar-refractivity contribution in [3.8, 4) is 5.69 Å². The van der Waals surface area contributed by atoms with Gasteiger partial charge >= 0.3 is 0 Å². The number of carbonyl (C=O) groups is 1. The van der Waals surface area contributed by atoms with E-state index in [4.69, 9.17) is 0 Å². The Hall–Kier alpha value is -2.40. The first kappa shape index (κ1) is 13.6. The normalized spacial score (nSPS) is 10.6. The van der Waals surface area contributed by atoms with Gasteiger partial charge in [0.15, 0.2) is 0 Å². The topological polar surface area (TPSA) is 46.9 Å². The van der Waals surface area contributed by atoms with Crippen molar-refractivity contribution in [2.24, 2.45) is 0 Å². The molecule has 0 aliphatic heterocycles. The Labute approximate surface area is 127 Å². The maximum Gasteiger partial charge on any atom is 0.266 e. The number of rotatable bonds is 3. The highest BCUT2D eigenvalue weighted by atomic mass is 32.1. The van der Waals surface area contributed by atoms with Crippen molar-refractivity contribution in [2.75, 3.05) is 5.32 Å². The minimum absolute atomic E-state index is 0.106. The van der Waals surface area contributed by atoms with Gasteiger partial charge in [0.25, 0.3) is 5.91 Å². The van der Waals surface area contributed by atoms with Gasteiger partial charge in [-0.05, 0) is 38.1 Å². The van der Waals surface area contributed by atoms with Crippen molar-refractivity contribution in [3.05, 3.63) is 64.0 Å². The number of hydrogen-bond donors (Lipinski definition) is 1. The van der Waals surface area contributed by atoms with E-state index in [1.54, 1.807) is 4.68 Å². The number of aromatic nitrogens is 2.